The van der Waals surface area contributed by atoms with Crippen molar-refractivity contribution in [3.8, 4) is 28.4 Å². The SMILES string of the molecule is CCNc1ccc2c(cc1=O)[C@@H]([NH2+]C)CCc1cc(OC)c(OC)c(OC)c1-2. The first kappa shape index (κ1) is 20.0. The number of fused-ring (bicyclic) bond motifs is 3. The molecular weight excluding hydrogens is 356 g/mol. The zero-order chi connectivity index (χ0) is 20.3. The number of anilines is 1. The van der Waals surface area contributed by atoms with Crippen LogP contribution in [0.25, 0.3) is 11.1 Å². The molecule has 6 nitrogen and oxygen atoms in total. The fraction of sp³-hybridized carbons (Fsp3) is 0.409. The van der Waals surface area contributed by atoms with Crippen molar-refractivity contribution >= 4 is 5.69 Å². The minimum atomic E-state index is -0.00200. The summed E-state index contributed by atoms with van der Waals surface area (Å²) < 4.78 is 16.9. The third-order valence-electron chi connectivity index (χ3n) is 5.35. The lowest BCUT2D eigenvalue weighted by atomic mass is 9.95. The number of benzene rings is 1. The first-order valence-corrected chi connectivity index (χ1v) is 9.63. The van der Waals surface area contributed by atoms with Crippen LogP contribution in [0.1, 0.15) is 30.5 Å². The maximum Gasteiger partial charge on any atom is 0.203 e. The predicted octanol–water partition coefficient (Wildman–Crippen LogP) is 2.35. The molecular formula is C22H29N2O4+. The highest BCUT2D eigenvalue weighted by Crippen LogP contribution is 2.49. The Hall–Kier alpha value is -2.73. The van der Waals surface area contributed by atoms with Crippen molar-refractivity contribution in [2.24, 2.45) is 0 Å². The molecule has 2 aromatic carbocycles. The molecule has 0 bridgehead atoms. The molecule has 150 valence electrons. The van der Waals surface area contributed by atoms with E-state index in [9.17, 15) is 4.79 Å². The molecule has 0 heterocycles. The highest BCUT2D eigenvalue weighted by molar-refractivity contribution is 5.82. The van der Waals surface area contributed by atoms with Crippen LogP contribution in [0.4, 0.5) is 5.69 Å². The summed E-state index contributed by atoms with van der Waals surface area (Å²) in [5, 5.41) is 5.33. The van der Waals surface area contributed by atoms with Gasteiger partial charge in [0.1, 0.15) is 6.04 Å². The van der Waals surface area contributed by atoms with E-state index in [4.69, 9.17) is 14.2 Å². The average Bonchev–Trinajstić information content (AvgIpc) is 2.95. The fourth-order valence-electron chi connectivity index (χ4n) is 4.02. The number of ether oxygens (including phenoxy) is 3. The zero-order valence-electron chi connectivity index (χ0n) is 17.2. The molecule has 3 N–H and O–H groups in total. The van der Waals surface area contributed by atoms with Gasteiger partial charge in [0.05, 0.1) is 34.1 Å². The lowest BCUT2D eigenvalue weighted by Gasteiger charge is -2.19. The summed E-state index contributed by atoms with van der Waals surface area (Å²) in [5.41, 5.74) is 4.71. The van der Waals surface area contributed by atoms with Gasteiger partial charge in [-0.1, -0.05) is 6.07 Å². The Labute approximate surface area is 165 Å². The van der Waals surface area contributed by atoms with Gasteiger partial charge in [-0.3, -0.25) is 4.79 Å². The van der Waals surface area contributed by atoms with E-state index in [-0.39, 0.29) is 11.5 Å². The highest BCUT2D eigenvalue weighted by atomic mass is 16.5. The zero-order valence-corrected chi connectivity index (χ0v) is 17.2. The van der Waals surface area contributed by atoms with Crippen molar-refractivity contribution in [1.29, 1.82) is 0 Å². The summed E-state index contributed by atoms with van der Waals surface area (Å²) in [4.78, 5) is 12.8. The molecule has 0 amide bonds. The van der Waals surface area contributed by atoms with Gasteiger partial charge in [-0.15, -0.1) is 0 Å². The summed E-state index contributed by atoms with van der Waals surface area (Å²) in [6.45, 7) is 2.67. The van der Waals surface area contributed by atoms with E-state index in [2.05, 4.69) is 10.6 Å². The molecule has 1 aliphatic rings. The first-order chi connectivity index (χ1) is 13.6. The second kappa shape index (κ2) is 8.52. The van der Waals surface area contributed by atoms with Crippen molar-refractivity contribution in [1.82, 2.24) is 0 Å². The van der Waals surface area contributed by atoms with Crippen LogP contribution in [0.2, 0.25) is 0 Å². The second-order valence-electron chi connectivity index (χ2n) is 6.81. The Kier molecular flexibility index (Phi) is 6.09. The molecule has 0 saturated heterocycles. The van der Waals surface area contributed by atoms with Crippen molar-refractivity contribution in [2.45, 2.75) is 25.8 Å². The first-order valence-electron chi connectivity index (χ1n) is 9.63. The summed E-state index contributed by atoms with van der Waals surface area (Å²) in [7, 11) is 6.92. The molecule has 1 aliphatic carbocycles. The minimum Gasteiger partial charge on any atom is -0.493 e. The standard InChI is InChI=1S/C22H28N2O4/c1-6-24-17-10-8-14-15(12-18(17)25)16(23-2)9-7-13-11-19(26-3)21(27-4)22(28-5)20(13)14/h8,10-12,16,23H,6-7,9H2,1-5H3,(H,24,25)/p+1/t16-/m0/s1. The summed E-state index contributed by atoms with van der Waals surface area (Å²) >= 11 is 0. The van der Waals surface area contributed by atoms with E-state index >= 15 is 0 Å². The number of rotatable bonds is 6. The average molecular weight is 385 g/mol. The van der Waals surface area contributed by atoms with Crippen LogP contribution >= 0.6 is 0 Å². The summed E-state index contributed by atoms with van der Waals surface area (Å²) in [6, 6.07) is 7.85. The van der Waals surface area contributed by atoms with Crippen molar-refractivity contribution in [3.63, 3.8) is 0 Å². The summed E-state index contributed by atoms with van der Waals surface area (Å²) in [6.07, 6.45) is 1.77. The van der Waals surface area contributed by atoms with Gasteiger partial charge in [0, 0.05) is 24.1 Å². The lowest BCUT2D eigenvalue weighted by molar-refractivity contribution is -0.670. The Morgan fingerprint density at radius 2 is 1.86 bits per heavy atom. The van der Waals surface area contributed by atoms with E-state index in [1.54, 1.807) is 27.4 Å². The number of methoxy groups -OCH3 is 3. The fourth-order valence-corrected chi connectivity index (χ4v) is 4.02. The van der Waals surface area contributed by atoms with Crippen LogP contribution in [0.5, 0.6) is 17.2 Å². The van der Waals surface area contributed by atoms with Gasteiger partial charge in [-0.25, -0.2) is 0 Å². The van der Waals surface area contributed by atoms with Crippen LogP contribution in [-0.2, 0) is 6.42 Å². The molecule has 6 heteroatoms. The van der Waals surface area contributed by atoms with E-state index in [0.717, 1.165) is 35.1 Å². The molecule has 1 atom stereocenters. The monoisotopic (exact) mass is 385 g/mol. The largest absolute Gasteiger partial charge is 0.493 e. The molecule has 28 heavy (non-hydrogen) atoms. The summed E-state index contributed by atoms with van der Waals surface area (Å²) in [5.74, 6) is 1.85. The molecule has 0 aromatic heterocycles. The molecule has 3 rings (SSSR count). The van der Waals surface area contributed by atoms with E-state index < -0.39 is 0 Å². The van der Waals surface area contributed by atoms with Crippen LogP contribution in [0.15, 0.2) is 29.1 Å². The smallest absolute Gasteiger partial charge is 0.203 e. The topological polar surface area (TPSA) is 73.4 Å². The predicted molar refractivity (Wildman–Crippen MR) is 111 cm³/mol. The van der Waals surface area contributed by atoms with Gasteiger partial charge in [0.15, 0.2) is 11.5 Å². The van der Waals surface area contributed by atoms with Gasteiger partial charge in [0.2, 0.25) is 11.2 Å². The number of nitrogens with two attached hydrogens (primary N) is 1. The Bertz CT molecular complexity index is 927. The van der Waals surface area contributed by atoms with E-state index in [1.807, 2.05) is 32.2 Å². The normalized spacial score (nSPS) is 15.1. The third kappa shape index (κ3) is 3.40. The van der Waals surface area contributed by atoms with E-state index in [1.165, 1.54) is 0 Å². The molecule has 0 aliphatic heterocycles. The van der Waals surface area contributed by atoms with Gasteiger partial charge in [-0.2, -0.15) is 0 Å². The molecule has 0 unspecified atom stereocenters. The lowest BCUT2D eigenvalue weighted by Crippen LogP contribution is -2.81. The van der Waals surface area contributed by atoms with Gasteiger partial charge in [0.25, 0.3) is 0 Å². The Morgan fingerprint density at radius 1 is 1.11 bits per heavy atom. The van der Waals surface area contributed by atoms with Crippen molar-refractivity contribution in [2.75, 3.05) is 40.2 Å². The maximum atomic E-state index is 12.8. The van der Waals surface area contributed by atoms with Crippen LogP contribution < -0.4 is 30.3 Å². The van der Waals surface area contributed by atoms with Gasteiger partial charge in [-0.05, 0) is 42.7 Å². The van der Waals surface area contributed by atoms with Crippen LogP contribution in [0.3, 0.4) is 0 Å². The second-order valence-corrected chi connectivity index (χ2v) is 6.81. The molecule has 0 fully saturated rings. The van der Waals surface area contributed by atoms with E-state index in [0.29, 0.717) is 29.5 Å². The van der Waals surface area contributed by atoms with Gasteiger partial charge < -0.3 is 24.8 Å². The molecule has 2 aromatic rings. The third-order valence-corrected chi connectivity index (χ3v) is 5.35. The number of nitrogens with one attached hydrogen (secondary N) is 1. The quantitative estimate of drug-likeness (QED) is 0.799. The maximum absolute atomic E-state index is 12.8. The number of quaternary nitrogens is 1. The Morgan fingerprint density at radius 3 is 2.46 bits per heavy atom. The molecule has 0 radical (unpaired) electrons. The van der Waals surface area contributed by atoms with Crippen molar-refractivity contribution < 1.29 is 19.5 Å². The highest BCUT2D eigenvalue weighted by Gasteiger charge is 2.29. The molecule has 0 saturated carbocycles. The van der Waals surface area contributed by atoms with Crippen molar-refractivity contribution in [3.05, 3.63) is 45.6 Å². The van der Waals surface area contributed by atoms with Gasteiger partial charge >= 0.3 is 0 Å². The molecule has 0 spiro atoms. The van der Waals surface area contributed by atoms with Crippen LogP contribution in [-0.4, -0.2) is 34.9 Å². The number of hydrogen-bond donors (Lipinski definition) is 2. The Balaban J connectivity index is 2.40. The van der Waals surface area contributed by atoms with Crippen LogP contribution in [0, 0.1) is 0 Å². The number of hydrogen-bond acceptors (Lipinski definition) is 5. The minimum absolute atomic E-state index is 0.00200. The number of aryl methyl sites for hydroxylation is 1.